The van der Waals surface area contributed by atoms with Crippen LogP contribution in [-0.2, 0) is 16.1 Å². The Kier molecular flexibility index (Phi) is 6.63. The molecule has 0 heterocycles. The molecule has 1 atom stereocenters. The van der Waals surface area contributed by atoms with E-state index in [4.69, 9.17) is 9.47 Å². The first-order valence-electron chi connectivity index (χ1n) is 9.37. The molecule has 1 N–H and O–H groups in total. The Morgan fingerprint density at radius 3 is 2.28 bits per heavy atom. The molecule has 5 heteroatoms. The van der Waals surface area contributed by atoms with E-state index in [2.05, 4.69) is 5.32 Å². The van der Waals surface area contributed by atoms with Gasteiger partial charge in [-0.1, -0.05) is 54.1 Å². The third-order valence-electron chi connectivity index (χ3n) is 4.35. The quantitative estimate of drug-likeness (QED) is 0.592. The molecule has 3 rings (SSSR count). The molecule has 5 nitrogen and oxygen atoms in total. The molecule has 0 aliphatic rings. The molecular formula is C24H23NO4. The summed E-state index contributed by atoms with van der Waals surface area (Å²) in [6, 6.07) is 23.8. The Labute approximate surface area is 170 Å². The van der Waals surface area contributed by atoms with E-state index in [1.165, 1.54) is 0 Å². The first-order chi connectivity index (χ1) is 14.0. The average Bonchev–Trinajstić information content (AvgIpc) is 2.74. The van der Waals surface area contributed by atoms with Crippen molar-refractivity contribution in [3.8, 4) is 5.75 Å². The molecule has 29 heavy (non-hydrogen) atoms. The number of esters is 1. The first kappa shape index (κ1) is 20.1. The van der Waals surface area contributed by atoms with Crippen molar-refractivity contribution in [2.75, 3.05) is 5.32 Å². The van der Waals surface area contributed by atoms with E-state index in [1.807, 2.05) is 55.5 Å². The summed E-state index contributed by atoms with van der Waals surface area (Å²) in [5, 5.41) is 2.75. The number of para-hydroxylation sites is 1. The van der Waals surface area contributed by atoms with Crippen molar-refractivity contribution < 1.29 is 19.1 Å². The standard InChI is InChI=1S/C24H23NO4/c1-17-12-14-20(15-13-17)25-23(26)18(2)29-24(27)22-11-7-6-8-19(22)16-28-21-9-4-3-5-10-21/h3-15,18H,16H2,1-2H3,(H,25,26). The Bertz CT molecular complexity index is 968. The number of anilines is 1. The number of rotatable bonds is 7. The predicted octanol–water partition coefficient (Wildman–Crippen LogP) is 4.76. The third-order valence-corrected chi connectivity index (χ3v) is 4.35. The second-order valence-corrected chi connectivity index (χ2v) is 6.66. The summed E-state index contributed by atoms with van der Waals surface area (Å²) in [7, 11) is 0. The van der Waals surface area contributed by atoms with Crippen LogP contribution in [0.4, 0.5) is 5.69 Å². The Balaban J connectivity index is 1.62. The number of benzene rings is 3. The number of hydrogen-bond donors (Lipinski definition) is 1. The maximum absolute atomic E-state index is 12.6. The van der Waals surface area contributed by atoms with Crippen LogP contribution >= 0.6 is 0 Å². The number of amides is 1. The van der Waals surface area contributed by atoms with Gasteiger partial charge in [0.15, 0.2) is 6.10 Å². The maximum Gasteiger partial charge on any atom is 0.339 e. The predicted molar refractivity (Wildman–Crippen MR) is 112 cm³/mol. The molecule has 3 aromatic carbocycles. The van der Waals surface area contributed by atoms with Crippen LogP contribution in [0.3, 0.4) is 0 Å². The highest BCUT2D eigenvalue weighted by molar-refractivity contribution is 5.97. The van der Waals surface area contributed by atoms with Crippen LogP contribution in [0, 0.1) is 6.92 Å². The minimum absolute atomic E-state index is 0.221. The van der Waals surface area contributed by atoms with Crippen LogP contribution in [0.2, 0.25) is 0 Å². The van der Waals surface area contributed by atoms with Gasteiger partial charge < -0.3 is 14.8 Å². The topological polar surface area (TPSA) is 64.6 Å². The molecule has 0 aromatic heterocycles. The van der Waals surface area contributed by atoms with E-state index < -0.39 is 12.1 Å². The van der Waals surface area contributed by atoms with Crippen molar-refractivity contribution in [1.82, 2.24) is 0 Å². The fourth-order valence-electron chi connectivity index (χ4n) is 2.68. The fourth-order valence-corrected chi connectivity index (χ4v) is 2.68. The van der Waals surface area contributed by atoms with Crippen LogP contribution in [0.1, 0.15) is 28.4 Å². The smallest absolute Gasteiger partial charge is 0.339 e. The van der Waals surface area contributed by atoms with Crippen LogP contribution in [0.25, 0.3) is 0 Å². The molecule has 0 fully saturated rings. The van der Waals surface area contributed by atoms with Gasteiger partial charge in [0.05, 0.1) is 5.56 Å². The van der Waals surface area contributed by atoms with Crippen LogP contribution in [0.5, 0.6) is 5.75 Å². The zero-order chi connectivity index (χ0) is 20.6. The Hall–Kier alpha value is -3.60. The highest BCUT2D eigenvalue weighted by Gasteiger charge is 2.21. The van der Waals surface area contributed by atoms with E-state index in [-0.39, 0.29) is 12.5 Å². The summed E-state index contributed by atoms with van der Waals surface area (Å²) >= 11 is 0. The normalized spacial score (nSPS) is 11.4. The minimum Gasteiger partial charge on any atom is -0.489 e. The number of carbonyl (C=O) groups excluding carboxylic acids is 2. The number of nitrogens with one attached hydrogen (secondary N) is 1. The van der Waals surface area contributed by atoms with Gasteiger partial charge in [0.2, 0.25) is 0 Å². The first-order valence-corrected chi connectivity index (χ1v) is 9.37. The average molecular weight is 389 g/mol. The van der Waals surface area contributed by atoms with Crippen molar-refractivity contribution >= 4 is 17.6 Å². The summed E-state index contributed by atoms with van der Waals surface area (Å²) in [5.74, 6) is -0.245. The highest BCUT2D eigenvalue weighted by Crippen LogP contribution is 2.17. The van der Waals surface area contributed by atoms with Crippen molar-refractivity contribution in [3.05, 3.63) is 95.6 Å². The van der Waals surface area contributed by atoms with Gasteiger partial charge in [-0.3, -0.25) is 4.79 Å². The fraction of sp³-hybridized carbons (Fsp3) is 0.167. The van der Waals surface area contributed by atoms with Crippen LogP contribution < -0.4 is 10.1 Å². The molecule has 0 saturated carbocycles. The number of aryl methyl sites for hydroxylation is 1. The molecule has 3 aromatic rings. The lowest BCUT2D eigenvalue weighted by molar-refractivity contribution is -0.123. The van der Waals surface area contributed by atoms with Crippen molar-refractivity contribution in [2.45, 2.75) is 26.6 Å². The molecule has 0 spiro atoms. The largest absolute Gasteiger partial charge is 0.489 e. The van der Waals surface area contributed by atoms with E-state index in [0.29, 0.717) is 22.6 Å². The van der Waals surface area contributed by atoms with Crippen molar-refractivity contribution in [1.29, 1.82) is 0 Å². The highest BCUT2D eigenvalue weighted by atomic mass is 16.5. The number of carbonyl (C=O) groups is 2. The number of ether oxygens (including phenoxy) is 2. The summed E-state index contributed by atoms with van der Waals surface area (Å²) in [5.41, 5.74) is 2.81. The van der Waals surface area contributed by atoms with Crippen LogP contribution in [0.15, 0.2) is 78.9 Å². The van der Waals surface area contributed by atoms with Gasteiger partial charge in [0.25, 0.3) is 5.91 Å². The summed E-state index contributed by atoms with van der Waals surface area (Å²) < 4.78 is 11.1. The molecule has 0 radical (unpaired) electrons. The van der Waals surface area contributed by atoms with Gasteiger partial charge in [-0.05, 0) is 44.2 Å². The molecular weight excluding hydrogens is 366 g/mol. The second-order valence-electron chi connectivity index (χ2n) is 6.66. The maximum atomic E-state index is 12.6. The van der Waals surface area contributed by atoms with Gasteiger partial charge in [-0.15, -0.1) is 0 Å². The summed E-state index contributed by atoms with van der Waals surface area (Å²) in [6.07, 6.45) is -0.938. The zero-order valence-electron chi connectivity index (χ0n) is 16.4. The van der Waals surface area contributed by atoms with Gasteiger partial charge in [-0.25, -0.2) is 4.79 Å². The van der Waals surface area contributed by atoms with Crippen molar-refractivity contribution in [2.24, 2.45) is 0 Å². The second kappa shape index (κ2) is 9.55. The van der Waals surface area contributed by atoms with E-state index in [1.54, 1.807) is 37.3 Å². The van der Waals surface area contributed by atoms with Crippen LogP contribution in [-0.4, -0.2) is 18.0 Å². The monoisotopic (exact) mass is 389 g/mol. The lowest BCUT2D eigenvalue weighted by Crippen LogP contribution is -2.30. The number of hydrogen-bond acceptors (Lipinski definition) is 4. The zero-order valence-corrected chi connectivity index (χ0v) is 16.4. The third kappa shape index (κ3) is 5.69. The molecule has 148 valence electrons. The molecule has 1 unspecified atom stereocenters. The van der Waals surface area contributed by atoms with E-state index >= 15 is 0 Å². The van der Waals surface area contributed by atoms with Gasteiger partial charge >= 0.3 is 5.97 Å². The SMILES string of the molecule is Cc1ccc(NC(=O)C(C)OC(=O)c2ccccc2COc2ccccc2)cc1. The molecule has 0 aliphatic carbocycles. The van der Waals surface area contributed by atoms with E-state index in [0.717, 1.165) is 5.56 Å². The lowest BCUT2D eigenvalue weighted by atomic mass is 10.1. The molecule has 0 aliphatic heterocycles. The van der Waals surface area contributed by atoms with Gasteiger partial charge in [0.1, 0.15) is 12.4 Å². The molecule has 0 saturated heterocycles. The molecule has 1 amide bonds. The lowest BCUT2D eigenvalue weighted by Gasteiger charge is -2.15. The Morgan fingerprint density at radius 2 is 1.55 bits per heavy atom. The molecule has 0 bridgehead atoms. The summed E-state index contributed by atoms with van der Waals surface area (Å²) in [4.78, 5) is 25.0. The van der Waals surface area contributed by atoms with Crippen molar-refractivity contribution in [3.63, 3.8) is 0 Å². The van der Waals surface area contributed by atoms with Gasteiger partial charge in [-0.2, -0.15) is 0 Å². The summed E-state index contributed by atoms with van der Waals surface area (Å²) in [6.45, 7) is 3.73. The Morgan fingerprint density at radius 1 is 0.897 bits per heavy atom. The minimum atomic E-state index is -0.938. The van der Waals surface area contributed by atoms with E-state index in [9.17, 15) is 9.59 Å². The van der Waals surface area contributed by atoms with Gasteiger partial charge in [0, 0.05) is 11.3 Å².